The first-order valence-electron chi connectivity index (χ1n) is 5.09. The second kappa shape index (κ2) is 3.57. The van der Waals surface area contributed by atoms with Crippen LogP contribution >= 0.6 is 0 Å². The van der Waals surface area contributed by atoms with Crippen LogP contribution in [0.5, 0.6) is 0 Å². The van der Waals surface area contributed by atoms with Crippen LogP contribution in [0.2, 0.25) is 0 Å². The van der Waals surface area contributed by atoms with Gasteiger partial charge in [-0.1, -0.05) is 13.8 Å². The third-order valence-corrected chi connectivity index (χ3v) is 2.62. The van der Waals surface area contributed by atoms with Crippen molar-refractivity contribution < 1.29 is 0 Å². The molecule has 2 heterocycles. The first kappa shape index (κ1) is 9.45. The summed E-state index contributed by atoms with van der Waals surface area (Å²) in [6.07, 6.45) is 0. The number of nitrogens with one attached hydrogen (secondary N) is 1. The molecule has 0 radical (unpaired) electrons. The second-order valence-corrected chi connectivity index (χ2v) is 4.13. The second-order valence-electron chi connectivity index (χ2n) is 4.13. The van der Waals surface area contributed by atoms with Crippen LogP contribution < -0.4 is 11.1 Å². The zero-order valence-electron chi connectivity index (χ0n) is 8.70. The normalized spacial score (nSPS) is 20.7. The van der Waals surface area contributed by atoms with Crippen LogP contribution in [0.15, 0.2) is 0 Å². The number of rotatable bonds is 2. The standard InChI is InChI=1S/C9H17N5/c1-6(2)8-12-13-9-11-4-7(3-10)5-14(8)9/h6-7H,3-5,10H2,1-2H3,(H,11,13). The Morgan fingerprint density at radius 2 is 2.36 bits per heavy atom. The van der Waals surface area contributed by atoms with Crippen LogP contribution in [0, 0.1) is 5.92 Å². The molecule has 5 heteroatoms. The summed E-state index contributed by atoms with van der Waals surface area (Å²) in [5, 5.41) is 11.5. The Morgan fingerprint density at radius 3 is 3.00 bits per heavy atom. The monoisotopic (exact) mass is 195 g/mol. The highest BCUT2D eigenvalue weighted by atomic mass is 15.4. The minimum absolute atomic E-state index is 0.412. The molecule has 1 aromatic heterocycles. The molecule has 1 unspecified atom stereocenters. The molecule has 2 rings (SSSR count). The molecule has 0 amide bonds. The molecule has 0 aromatic carbocycles. The molecule has 0 bridgehead atoms. The highest BCUT2D eigenvalue weighted by Gasteiger charge is 2.22. The molecule has 0 aliphatic carbocycles. The third kappa shape index (κ3) is 1.48. The fourth-order valence-electron chi connectivity index (χ4n) is 1.77. The molecular weight excluding hydrogens is 178 g/mol. The van der Waals surface area contributed by atoms with Gasteiger partial charge in [0.15, 0.2) is 0 Å². The van der Waals surface area contributed by atoms with Crippen molar-refractivity contribution in [3.63, 3.8) is 0 Å². The van der Waals surface area contributed by atoms with Crippen molar-refractivity contribution in [2.45, 2.75) is 26.3 Å². The summed E-state index contributed by atoms with van der Waals surface area (Å²) in [7, 11) is 0. The Balaban J connectivity index is 2.28. The molecule has 1 aliphatic rings. The summed E-state index contributed by atoms with van der Waals surface area (Å²) in [5.74, 6) is 2.84. The summed E-state index contributed by atoms with van der Waals surface area (Å²) < 4.78 is 2.14. The lowest BCUT2D eigenvalue weighted by Gasteiger charge is -2.24. The van der Waals surface area contributed by atoms with E-state index in [9.17, 15) is 0 Å². The van der Waals surface area contributed by atoms with Crippen LogP contribution in [-0.2, 0) is 6.54 Å². The van der Waals surface area contributed by atoms with Crippen molar-refractivity contribution in [1.29, 1.82) is 0 Å². The van der Waals surface area contributed by atoms with Gasteiger partial charge >= 0.3 is 0 Å². The molecule has 3 N–H and O–H groups in total. The van der Waals surface area contributed by atoms with Gasteiger partial charge in [0.1, 0.15) is 5.82 Å². The van der Waals surface area contributed by atoms with Gasteiger partial charge in [0.05, 0.1) is 0 Å². The van der Waals surface area contributed by atoms with E-state index in [1.165, 1.54) is 0 Å². The fourth-order valence-corrected chi connectivity index (χ4v) is 1.77. The molecule has 14 heavy (non-hydrogen) atoms. The Bertz CT molecular complexity index is 317. The maximum atomic E-state index is 5.66. The molecule has 1 aliphatic heterocycles. The van der Waals surface area contributed by atoms with E-state index in [0.29, 0.717) is 18.4 Å². The van der Waals surface area contributed by atoms with Crippen LogP contribution in [0.1, 0.15) is 25.6 Å². The largest absolute Gasteiger partial charge is 0.354 e. The van der Waals surface area contributed by atoms with Crippen molar-refractivity contribution in [1.82, 2.24) is 14.8 Å². The molecule has 1 atom stereocenters. The first-order valence-corrected chi connectivity index (χ1v) is 5.09. The number of nitrogens with zero attached hydrogens (tertiary/aromatic N) is 3. The summed E-state index contributed by atoms with van der Waals surface area (Å²) in [6.45, 7) is 6.82. The molecular formula is C9H17N5. The highest BCUT2D eigenvalue weighted by molar-refractivity contribution is 5.29. The van der Waals surface area contributed by atoms with Gasteiger partial charge in [-0.2, -0.15) is 0 Å². The Labute approximate surface area is 83.7 Å². The predicted molar refractivity (Wildman–Crippen MR) is 55.1 cm³/mol. The topological polar surface area (TPSA) is 68.8 Å². The fraction of sp³-hybridized carbons (Fsp3) is 0.778. The number of fused-ring (bicyclic) bond motifs is 1. The van der Waals surface area contributed by atoms with Crippen LogP contribution in [0.25, 0.3) is 0 Å². The zero-order chi connectivity index (χ0) is 10.1. The lowest BCUT2D eigenvalue weighted by molar-refractivity contribution is 0.435. The molecule has 0 spiro atoms. The maximum absolute atomic E-state index is 5.66. The summed E-state index contributed by atoms with van der Waals surface area (Å²) in [5.41, 5.74) is 5.66. The Hall–Kier alpha value is -1.10. The molecule has 0 fully saturated rings. The van der Waals surface area contributed by atoms with Crippen LogP contribution in [0.4, 0.5) is 5.95 Å². The molecule has 1 aromatic rings. The number of hydrogen-bond donors (Lipinski definition) is 2. The predicted octanol–water partition coefficient (Wildman–Crippen LogP) is 0.402. The molecule has 78 valence electrons. The minimum Gasteiger partial charge on any atom is -0.354 e. The number of nitrogens with two attached hydrogens (primary N) is 1. The minimum atomic E-state index is 0.412. The van der Waals surface area contributed by atoms with E-state index in [1.54, 1.807) is 0 Å². The van der Waals surface area contributed by atoms with Crippen LogP contribution in [0.3, 0.4) is 0 Å². The molecule has 0 saturated heterocycles. The lowest BCUT2D eigenvalue weighted by atomic mass is 10.1. The smallest absolute Gasteiger partial charge is 0.224 e. The quantitative estimate of drug-likeness (QED) is 0.717. The first-order chi connectivity index (χ1) is 6.72. The van der Waals surface area contributed by atoms with Gasteiger partial charge in [0.2, 0.25) is 5.95 Å². The summed E-state index contributed by atoms with van der Waals surface area (Å²) >= 11 is 0. The van der Waals surface area contributed by atoms with Gasteiger partial charge in [-0.05, 0) is 6.54 Å². The molecule has 0 saturated carbocycles. The maximum Gasteiger partial charge on any atom is 0.224 e. The van der Waals surface area contributed by atoms with E-state index in [0.717, 1.165) is 24.9 Å². The van der Waals surface area contributed by atoms with Crippen molar-refractivity contribution in [2.24, 2.45) is 11.7 Å². The van der Waals surface area contributed by atoms with E-state index in [1.807, 2.05) is 0 Å². The van der Waals surface area contributed by atoms with E-state index >= 15 is 0 Å². The van der Waals surface area contributed by atoms with E-state index < -0.39 is 0 Å². The summed E-state index contributed by atoms with van der Waals surface area (Å²) in [4.78, 5) is 0. The van der Waals surface area contributed by atoms with Gasteiger partial charge in [-0.3, -0.25) is 4.57 Å². The van der Waals surface area contributed by atoms with Crippen molar-refractivity contribution >= 4 is 5.95 Å². The average molecular weight is 195 g/mol. The molecule has 5 nitrogen and oxygen atoms in total. The number of anilines is 1. The van der Waals surface area contributed by atoms with Crippen LogP contribution in [-0.4, -0.2) is 27.9 Å². The number of hydrogen-bond acceptors (Lipinski definition) is 4. The van der Waals surface area contributed by atoms with Gasteiger partial charge in [-0.15, -0.1) is 10.2 Å². The van der Waals surface area contributed by atoms with Crippen molar-refractivity contribution in [3.8, 4) is 0 Å². The van der Waals surface area contributed by atoms with Gasteiger partial charge in [0.25, 0.3) is 0 Å². The van der Waals surface area contributed by atoms with E-state index in [4.69, 9.17) is 5.73 Å². The average Bonchev–Trinajstić information content (AvgIpc) is 2.59. The number of aromatic nitrogens is 3. The van der Waals surface area contributed by atoms with Crippen molar-refractivity contribution in [2.75, 3.05) is 18.4 Å². The van der Waals surface area contributed by atoms with Crippen molar-refractivity contribution in [3.05, 3.63) is 5.82 Å². The van der Waals surface area contributed by atoms with Gasteiger partial charge in [-0.25, -0.2) is 0 Å². The van der Waals surface area contributed by atoms with E-state index in [2.05, 4.69) is 33.9 Å². The zero-order valence-corrected chi connectivity index (χ0v) is 8.70. The van der Waals surface area contributed by atoms with Gasteiger partial charge < -0.3 is 11.1 Å². The summed E-state index contributed by atoms with van der Waals surface area (Å²) in [6, 6.07) is 0. The third-order valence-electron chi connectivity index (χ3n) is 2.62. The highest BCUT2D eigenvalue weighted by Crippen LogP contribution is 2.21. The van der Waals surface area contributed by atoms with E-state index in [-0.39, 0.29) is 0 Å². The SMILES string of the molecule is CC(C)c1nnc2n1CC(CN)CN2. The Kier molecular flexibility index (Phi) is 2.41. The Morgan fingerprint density at radius 1 is 1.57 bits per heavy atom. The van der Waals surface area contributed by atoms with Gasteiger partial charge in [0, 0.05) is 24.9 Å². The lowest BCUT2D eigenvalue weighted by Crippen LogP contribution is -2.33.